The zero-order valence-corrected chi connectivity index (χ0v) is 11.2. The second-order valence-electron chi connectivity index (χ2n) is 4.19. The van der Waals surface area contributed by atoms with Crippen LogP contribution in [0.3, 0.4) is 0 Å². The summed E-state index contributed by atoms with van der Waals surface area (Å²) < 4.78 is 32.1. The van der Waals surface area contributed by atoms with Gasteiger partial charge in [0.25, 0.3) is 0 Å². The van der Waals surface area contributed by atoms with Gasteiger partial charge < -0.3 is 4.52 Å². The molecule has 0 atom stereocenters. The Labute approximate surface area is 116 Å². The van der Waals surface area contributed by atoms with Crippen molar-refractivity contribution in [3.8, 4) is 0 Å². The zero-order valence-electron chi connectivity index (χ0n) is 9.66. The molecule has 0 fully saturated rings. The molecule has 0 aliphatic rings. The van der Waals surface area contributed by atoms with Crippen molar-refractivity contribution in [2.24, 2.45) is 0 Å². The minimum Gasteiger partial charge on any atom is -0.356 e. The third-order valence-corrected chi connectivity index (χ3v) is 3.36. The number of benzene rings is 2. The Morgan fingerprint density at radius 3 is 2.68 bits per heavy atom. The number of hydrogen-bond acceptors (Lipinski definition) is 2. The first-order valence-corrected chi connectivity index (χ1v) is 6.40. The van der Waals surface area contributed by atoms with Crippen LogP contribution in [0.5, 0.6) is 0 Å². The topological polar surface area (TPSA) is 26.0 Å². The van der Waals surface area contributed by atoms with E-state index in [2.05, 4.69) is 21.1 Å². The smallest absolute Gasteiger partial charge is 0.168 e. The lowest BCUT2D eigenvalue weighted by molar-refractivity contribution is 0.447. The SMILES string of the molecule is Fc1ccc(Cc2noc3cc(Br)ccc23)cc1F. The molecule has 0 aliphatic carbocycles. The molecule has 0 aliphatic heterocycles. The standard InChI is InChI=1S/C14H8BrF2NO/c15-9-2-3-10-13(18-19-14(10)7-9)6-8-1-4-11(16)12(17)5-8/h1-5,7H,6H2. The minimum absolute atomic E-state index is 0.395. The predicted octanol–water partition coefficient (Wildman–Crippen LogP) is 4.46. The van der Waals surface area contributed by atoms with Gasteiger partial charge in [0.05, 0.1) is 5.69 Å². The first kappa shape index (κ1) is 12.3. The molecule has 0 N–H and O–H groups in total. The van der Waals surface area contributed by atoms with Gasteiger partial charge in [-0.25, -0.2) is 8.78 Å². The van der Waals surface area contributed by atoms with Gasteiger partial charge in [-0.2, -0.15) is 0 Å². The fourth-order valence-electron chi connectivity index (χ4n) is 1.93. The number of nitrogens with zero attached hydrogens (tertiary/aromatic N) is 1. The molecule has 0 saturated carbocycles. The van der Waals surface area contributed by atoms with E-state index in [1.165, 1.54) is 12.1 Å². The molecule has 5 heteroatoms. The average molecular weight is 324 g/mol. The van der Waals surface area contributed by atoms with E-state index < -0.39 is 11.6 Å². The van der Waals surface area contributed by atoms with Crippen molar-refractivity contribution >= 4 is 26.9 Å². The summed E-state index contributed by atoms with van der Waals surface area (Å²) >= 11 is 3.35. The molecule has 0 unspecified atom stereocenters. The molecule has 0 spiro atoms. The van der Waals surface area contributed by atoms with Gasteiger partial charge in [-0.3, -0.25) is 0 Å². The second-order valence-corrected chi connectivity index (χ2v) is 5.11. The maximum Gasteiger partial charge on any atom is 0.168 e. The van der Waals surface area contributed by atoms with Crippen molar-refractivity contribution in [3.63, 3.8) is 0 Å². The first-order valence-electron chi connectivity index (χ1n) is 5.61. The Morgan fingerprint density at radius 1 is 1.05 bits per heavy atom. The van der Waals surface area contributed by atoms with Crippen molar-refractivity contribution in [2.75, 3.05) is 0 Å². The van der Waals surface area contributed by atoms with Gasteiger partial charge in [-0.05, 0) is 35.9 Å². The molecule has 2 aromatic carbocycles. The van der Waals surface area contributed by atoms with Crippen molar-refractivity contribution in [1.82, 2.24) is 5.16 Å². The molecule has 0 radical (unpaired) electrons. The number of aromatic nitrogens is 1. The highest BCUT2D eigenvalue weighted by Crippen LogP contribution is 2.24. The van der Waals surface area contributed by atoms with E-state index in [-0.39, 0.29) is 0 Å². The molecule has 0 bridgehead atoms. The van der Waals surface area contributed by atoms with Crippen molar-refractivity contribution in [2.45, 2.75) is 6.42 Å². The Kier molecular flexibility index (Phi) is 3.06. The van der Waals surface area contributed by atoms with E-state index in [1.807, 2.05) is 18.2 Å². The van der Waals surface area contributed by atoms with Crippen LogP contribution in [0, 0.1) is 11.6 Å². The Bertz CT molecular complexity index is 754. The largest absolute Gasteiger partial charge is 0.356 e. The lowest BCUT2D eigenvalue weighted by Gasteiger charge is -1.99. The van der Waals surface area contributed by atoms with Gasteiger partial charge in [0, 0.05) is 16.3 Å². The van der Waals surface area contributed by atoms with Crippen LogP contribution in [-0.4, -0.2) is 5.16 Å². The summed E-state index contributed by atoms with van der Waals surface area (Å²) in [7, 11) is 0. The highest BCUT2D eigenvalue weighted by Gasteiger charge is 2.10. The van der Waals surface area contributed by atoms with Crippen molar-refractivity contribution < 1.29 is 13.3 Å². The van der Waals surface area contributed by atoms with E-state index in [0.29, 0.717) is 23.3 Å². The molecule has 0 saturated heterocycles. The fourth-order valence-corrected chi connectivity index (χ4v) is 2.27. The highest BCUT2D eigenvalue weighted by molar-refractivity contribution is 9.10. The van der Waals surface area contributed by atoms with Crippen LogP contribution in [0.15, 0.2) is 45.4 Å². The van der Waals surface area contributed by atoms with E-state index in [0.717, 1.165) is 15.9 Å². The average Bonchev–Trinajstić information content (AvgIpc) is 2.76. The van der Waals surface area contributed by atoms with Crippen LogP contribution in [0.25, 0.3) is 11.0 Å². The first-order chi connectivity index (χ1) is 9.13. The highest BCUT2D eigenvalue weighted by atomic mass is 79.9. The van der Waals surface area contributed by atoms with Gasteiger partial charge in [0.1, 0.15) is 0 Å². The summed E-state index contributed by atoms with van der Waals surface area (Å²) in [6.07, 6.45) is 0.395. The van der Waals surface area contributed by atoms with Crippen LogP contribution in [0.1, 0.15) is 11.3 Å². The quantitative estimate of drug-likeness (QED) is 0.696. The van der Waals surface area contributed by atoms with E-state index in [1.54, 1.807) is 0 Å². The molecule has 0 amide bonds. The summed E-state index contributed by atoms with van der Waals surface area (Å²) in [6, 6.07) is 9.41. The van der Waals surface area contributed by atoms with Crippen molar-refractivity contribution in [1.29, 1.82) is 0 Å². The molecule has 1 heterocycles. The lowest BCUT2D eigenvalue weighted by atomic mass is 10.1. The Morgan fingerprint density at radius 2 is 1.89 bits per heavy atom. The summed E-state index contributed by atoms with van der Waals surface area (Å²) in [4.78, 5) is 0. The Balaban J connectivity index is 1.98. The van der Waals surface area contributed by atoms with Crippen LogP contribution >= 0.6 is 15.9 Å². The van der Waals surface area contributed by atoms with Crippen molar-refractivity contribution in [3.05, 3.63) is 63.8 Å². The van der Waals surface area contributed by atoms with Crippen LogP contribution in [-0.2, 0) is 6.42 Å². The molecular weight excluding hydrogens is 316 g/mol. The molecular formula is C14H8BrF2NO. The summed E-state index contributed by atoms with van der Waals surface area (Å²) in [5.74, 6) is -1.70. The Hall–Kier alpha value is -1.75. The maximum atomic E-state index is 13.1. The molecule has 19 heavy (non-hydrogen) atoms. The van der Waals surface area contributed by atoms with Crippen LogP contribution in [0.2, 0.25) is 0 Å². The molecule has 96 valence electrons. The number of halogens is 3. The fraction of sp³-hybridized carbons (Fsp3) is 0.0714. The number of fused-ring (bicyclic) bond motifs is 1. The maximum absolute atomic E-state index is 13.1. The number of rotatable bonds is 2. The normalized spacial score (nSPS) is 11.1. The summed E-state index contributed by atoms with van der Waals surface area (Å²) in [6.45, 7) is 0. The van der Waals surface area contributed by atoms with Gasteiger partial charge in [-0.1, -0.05) is 27.2 Å². The summed E-state index contributed by atoms with van der Waals surface area (Å²) in [5, 5.41) is 4.84. The van der Waals surface area contributed by atoms with Gasteiger partial charge in [-0.15, -0.1) is 0 Å². The van der Waals surface area contributed by atoms with E-state index >= 15 is 0 Å². The lowest BCUT2D eigenvalue weighted by Crippen LogP contribution is -1.92. The van der Waals surface area contributed by atoms with Crippen LogP contribution in [0.4, 0.5) is 8.78 Å². The van der Waals surface area contributed by atoms with Gasteiger partial charge in [0.2, 0.25) is 0 Å². The molecule has 1 aromatic heterocycles. The number of hydrogen-bond donors (Lipinski definition) is 0. The van der Waals surface area contributed by atoms with Gasteiger partial charge >= 0.3 is 0 Å². The zero-order chi connectivity index (χ0) is 13.4. The molecule has 3 aromatic rings. The third-order valence-electron chi connectivity index (χ3n) is 2.86. The van der Waals surface area contributed by atoms with Crippen LogP contribution < -0.4 is 0 Å². The summed E-state index contributed by atoms with van der Waals surface area (Å²) in [5.41, 5.74) is 2.01. The molecule has 2 nitrogen and oxygen atoms in total. The second kappa shape index (κ2) is 4.74. The predicted molar refractivity (Wildman–Crippen MR) is 70.9 cm³/mol. The van der Waals surface area contributed by atoms with E-state index in [9.17, 15) is 8.78 Å². The minimum atomic E-state index is -0.854. The third kappa shape index (κ3) is 2.38. The monoisotopic (exact) mass is 323 g/mol. The molecule has 3 rings (SSSR count). The van der Waals surface area contributed by atoms with Gasteiger partial charge in [0.15, 0.2) is 17.2 Å². The van der Waals surface area contributed by atoms with E-state index in [4.69, 9.17) is 4.52 Å².